The van der Waals surface area contributed by atoms with Crippen molar-refractivity contribution in [3.63, 3.8) is 0 Å². The lowest BCUT2D eigenvalue weighted by Gasteiger charge is -2.37. The third-order valence-electron chi connectivity index (χ3n) is 4.25. The first-order valence-corrected chi connectivity index (χ1v) is 7.14. The van der Waals surface area contributed by atoms with Crippen LogP contribution in [0.1, 0.15) is 38.3 Å². The molecular weight excluding hydrogens is 256 g/mol. The van der Waals surface area contributed by atoms with E-state index in [0.717, 1.165) is 12.0 Å². The van der Waals surface area contributed by atoms with Crippen LogP contribution < -0.4 is 0 Å². The second-order valence-corrected chi connectivity index (χ2v) is 5.91. The Hall–Kier alpha value is -1.69. The predicted octanol–water partition coefficient (Wildman–Crippen LogP) is 0.971. The maximum Gasteiger partial charge on any atom is 0.246 e. The topological polar surface area (TPSA) is 82.1 Å². The minimum atomic E-state index is -1.08. The fraction of sp³-hybridized carbons (Fsp3) is 0.643. The van der Waals surface area contributed by atoms with E-state index in [0.29, 0.717) is 24.6 Å². The molecule has 0 spiro atoms. The largest absolute Gasteiger partial charge is 0.382 e. The van der Waals surface area contributed by atoms with Crippen molar-refractivity contribution in [2.24, 2.45) is 5.92 Å². The molecule has 108 valence electrons. The summed E-state index contributed by atoms with van der Waals surface area (Å²) in [6, 6.07) is 0. The molecule has 1 aromatic rings. The molecule has 1 aliphatic heterocycles. The van der Waals surface area contributed by atoms with E-state index >= 15 is 0 Å². The van der Waals surface area contributed by atoms with Gasteiger partial charge in [0.15, 0.2) is 0 Å². The number of hydrogen-bond donors (Lipinski definition) is 2. The molecule has 3 rings (SSSR count). The fourth-order valence-electron chi connectivity index (χ4n) is 2.80. The number of aromatic nitrogens is 3. The average molecular weight is 276 g/mol. The van der Waals surface area contributed by atoms with Crippen LogP contribution in [0.3, 0.4) is 0 Å². The Morgan fingerprint density at radius 2 is 2.40 bits per heavy atom. The van der Waals surface area contributed by atoms with E-state index in [2.05, 4.69) is 15.4 Å². The number of rotatable bonds is 3. The number of aliphatic hydroxyl groups is 1. The molecule has 0 bridgehead atoms. The minimum Gasteiger partial charge on any atom is -0.382 e. The monoisotopic (exact) mass is 276 g/mol. The van der Waals surface area contributed by atoms with Gasteiger partial charge in [-0.3, -0.25) is 4.79 Å². The van der Waals surface area contributed by atoms with Crippen molar-refractivity contribution in [3.8, 4) is 0 Å². The lowest BCUT2D eigenvalue weighted by Crippen LogP contribution is -2.48. The molecule has 1 amide bonds. The number of likely N-dealkylation sites (tertiary alicyclic amines) is 1. The van der Waals surface area contributed by atoms with Crippen molar-refractivity contribution in [3.05, 3.63) is 23.5 Å². The number of amides is 1. The molecule has 1 atom stereocenters. The highest BCUT2D eigenvalue weighted by Crippen LogP contribution is 2.36. The molecule has 1 unspecified atom stereocenters. The van der Waals surface area contributed by atoms with Crippen molar-refractivity contribution in [2.75, 3.05) is 13.1 Å². The molecular formula is C14H20N4O2. The van der Waals surface area contributed by atoms with Crippen LogP contribution in [-0.4, -0.2) is 44.4 Å². The molecule has 6 heteroatoms. The fourth-order valence-corrected chi connectivity index (χ4v) is 2.80. The second-order valence-electron chi connectivity index (χ2n) is 5.91. The molecule has 20 heavy (non-hydrogen) atoms. The molecule has 1 aliphatic carbocycles. The van der Waals surface area contributed by atoms with Crippen molar-refractivity contribution in [2.45, 2.75) is 38.2 Å². The van der Waals surface area contributed by atoms with E-state index in [1.165, 1.54) is 19.0 Å². The van der Waals surface area contributed by atoms with Gasteiger partial charge in [-0.2, -0.15) is 15.4 Å². The maximum absolute atomic E-state index is 12.3. The average Bonchev–Trinajstić information content (AvgIpc) is 3.13. The number of nitrogens with zero attached hydrogens (tertiary/aromatic N) is 3. The molecule has 2 heterocycles. The number of carbonyl (C=O) groups is 1. The summed E-state index contributed by atoms with van der Waals surface area (Å²) in [5.41, 5.74) is 0.589. The number of nitrogens with one attached hydrogen (secondary N) is 1. The quantitative estimate of drug-likeness (QED) is 0.806. The zero-order valence-electron chi connectivity index (χ0n) is 11.7. The summed E-state index contributed by atoms with van der Waals surface area (Å²) in [5, 5.41) is 20.9. The summed E-state index contributed by atoms with van der Waals surface area (Å²) in [6.45, 7) is 2.99. The summed E-state index contributed by atoms with van der Waals surface area (Å²) in [6.07, 6.45) is 7.02. The summed E-state index contributed by atoms with van der Waals surface area (Å²) >= 11 is 0. The molecule has 2 N–H and O–H groups in total. The van der Waals surface area contributed by atoms with E-state index < -0.39 is 5.60 Å². The van der Waals surface area contributed by atoms with Gasteiger partial charge in [-0.25, -0.2) is 0 Å². The van der Waals surface area contributed by atoms with Crippen LogP contribution in [0.2, 0.25) is 0 Å². The van der Waals surface area contributed by atoms with Crippen LogP contribution in [0.25, 0.3) is 0 Å². The molecule has 0 radical (unpaired) electrons. The van der Waals surface area contributed by atoms with E-state index in [1.807, 2.05) is 6.92 Å². The van der Waals surface area contributed by atoms with E-state index in [-0.39, 0.29) is 12.5 Å². The number of hydrogen-bond acceptors (Lipinski definition) is 4. The highest BCUT2D eigenvalue weighted by molar-refractivity contribution is 5.88. The van der Waals surface area contributed by atoms with Gasteiger partial charge < -0.3 is 10.0 Å². The lowest BCUT2D eigenvalue weighted by atomic mass is 9.90. The maximum atomic E-state index is 12.3. The van der Waals surface area contributed by atoms with Gasteiger partial charge in [0.1, 0.15) is 11.3 Å². The highest BCUT2D eigenvalue weighted by atomic mass is 16.3. The normalized spacial score (nSPS) is 27.7. The van der Waals surface area contributed by atoms with Gasteiger partial charge in [-0.1, -0.05) is 5.57 Å². The molecule has 2 aliphatic rings. The van der Waals surface area contributed by atoms with Gasteiger partial charge in [0, 0.05) is 12.6 Å². The van der Waals surface area contributed by atoms with Crippen LogP contribution >= 0.6 is 0 Å². The van der Waals surface area contributed by atoms with Gasteiger partial charge in [0.05, 0.1) is 12.7 Å². The van der Waals surface area contributed by atoms with Crippen molar-refractivity contribution < 1.29 is 9.90 Å². The zero-order valence-corrected chi connectivity index (χ0v) is 11.7. The second kappa shape index (κ2) is 5.01. The van der Waals surface area contributed by atoms with Gasteiger partial charge in [-0.05, 0) is 38.5 Å². The lowest BCUT2D eigenvalue weighted by molar-refractivity contribution is -0.133. The highest BCUT2D eigenvalue weighted by Gasteiger charge is 2.38. The first-order valence-electron chi connectivity index (χ1n) is 7.14. The van der Waals surface area contributed by atoms with Crippen LogP contribution in [-0.2, 0) is 10.4 Å². The van der Waals surface area contributed by atoms with Gasteiger partial charge in [0.25, 0.3) is 0 Å². The summed E-state index contributed by atoms with van der Waals surface area (Å²) in [5.74, 6) is 0.592. The molecule has 1 saturated heterocycles. The smallest absolute Gasteiger partial charge is 0.246 e. The number of carbonyl (C=O) groups excluding carboxylic acids is 1. The first-order chi connectivity index (χ1) is 9.58. The number of allylic oxidation sites excluding steroid dienone is 1. The molecule has 1 aromatic heterocycles. The van der Waals surface area contributed by atoms with Crippen molar-refractivity contribution in [1.82, 2.24) is 20.3 Å². The number of piperidine rings is 1. The third-order valence-corrected chi connectivity index (χ3v) is 4.25. The summed E-state index contributed by atoms with van der Waals surface area (Å²) in [4.78, 5) is 14.0. The van der Waals surface area contributed by atoms with Crippen LogP contribution in [0, 0.1) is 5.92 Å². The Balaban J connectivity index is 1.71. The predicted molar refractivity (Wildman–Crippen MR) is 72.6 cm³/mol. The van der Waals surface area contributed by atoms with Crippen LogP contribution in [0.15, 0.2) is 17.8 Å². The first kappa shape index (κ1) is 13.3. The van der Waals surface area contributed by atoms with E-state index in [4.69, 9.17) is 0 Å². The van der Waals surface area contributed by atoms with Gasteiger partial charge >= 0.3 is 0 Å². The molecule has 6 nitrogen and oxygen atoms in total. The minimum absolute atomic E-state index is 0.00369. The number of aromatic amines is 1. The molecule has 2 fully saturated rings. The van der Waals surface area contributed by atoms with Crippen LogP contribution in [0.5, 0.6) is 0 Å². The molecule has 0 aromatic carbocycles. The summed E-state index contributed by atoms with van der Waals surface area (Å²) < 4.78 is 0. The molecule has 1 saturated carbocycles. The Labute approximate surface area is 117 Å². The Morgan fingerprint density at radius 3 is 3.05 bits per heavy atom. The van der Waals surface area contributed by atoms with Crippen molar-refractivity contribution in [1.29, 1.82) is 0 Å². The van der Waals surface area contributed by atoms with E-state index in [9.17, 15) is 9.90 Å². The number of H-pyrrole nitrogens is 1. The Kier molecular flexibility index (Phi) is 3.33. The zero-order chi connectivity index (χ0) is 14.2. The van der Waals surface area contributed by atoms with Crippen LogP contribution in [0.4, 0.5) is 0 Å². The van der Waals surface area contributed by atoms with E-state index in [1.54, 1.807) is 11.0 Å². The summed E-state index contributed by atoms with van der Waals surface area (Å²) in [7, 11) is 0. The third kappa shape index (κ3) is 2.60. The van der Waals surface area contributed by atoms with Gasteiger partial charge in [-0.15, -0.1) is 0 Å². The Bertz CT molecular complexity index is 521. The van der Waals surface area contributed by atoms with Crippen molar-refractivity contribution >= 4 is 5.91 Å². The SMILES string of the molecule is CC(=CC(=O)N1CCCC(O)(c2cn[nH]n2)C1)C1CC1. The van der Waals surface area contributed by atoms with Gasteiger partial charge in [0.2, 0.25) is 5.91 Å². The number of β-amino-alcohol motifs (C(OH)–C–C–N with tert-alkyl or cyclic N) is 1. The Morgan fingerprint density at radius 1 is 1.60 bits per heavy atom. The standard InChI is InChI=1S/C14H20N4O2/c1-10(11-3-4-11)7-13(19)18-6-2-5-14(20,9-18)12-8-15-17-16-12/h7-8,11,20H,2-6,9H2,1H3,(H,15,16,17).